The molecule has 7 nitrogen and oxygen atoms in total. The third kappa shape index (κ3) is 3.52. The molecule has 0 unspecified atom stereocenters. The molecule has 0 spiro atoms. The van der Waals surface area contributed by atoms with E-state index in [2.05, 4.69) is 15.0 Å². The standard InChI is InChI=1S/C19H17Cl2N5O2S/c1-10-4-14(28-3)16(21)17(15(10)20)25-6-12-5-22-11(2)24-18(12)26(19(25)27)7-13-8-29-9-23-13/h4-5,8-9H,6-7H2,1-3H3. The number of hydrogen-bond acceptors (Lipinski definition) is 6. The van der Waals surface area contributed by atoms with Gasteiger partial charge in [0.1, 0.15) is 22.4 Å². The molecule has 0 atom stereocenters. The summed E-state index contributed by atoms with van der Waals surface area (Å²) >= 11 is 14.6. The second-order valence-electron chi connectivity index (χ2n) is 6.57. The Kier molecular flexibility index (Phi) is 5.33. The Morgan fingerprint density at radius 1 is 1.24 bits per heavy atom. The van der Waals surface area contributed by atoms with Crippen molar-refractivity contribution in [3.8, 4) is 5.75 Å². The van der Waals surface area contributed by atoms with Crippen molar-refractivity contribution >= 4 is 52.1 Å². The van der Waals surface area contributed by atoms with Crippen molar-refractivity contribution in [3.05, 3.63) is 55.8 Å². The van der Waals surface area contributed by atoms with Gasteiger partial charge < -0.3 is 4.74 Å². The Balaban J connectivity index is 1.86. The zero-order valence-electron chi connectivity index (χ0n) is 15.9. The summed E-state index contributed by atoms with van der Waals surface area (Å²) < 4.78 is 5.37. The molecule has 1 aliphatic rings. The third-order valence-electron chi connectivity index (χ3n) is 4.63. The molecule has 29 heavy (non-hydrogen) atoms. The van der Waals surface area contributed by atoms with Crippen LogP contribution in [0.3, 0.4) is 0 Å². The van der Waals surface area contributed by atoms with Gasteiger partial charge in [-0.15, -0.1) is 11.3 Å². The van der Waals surface area contributed by atoms with Gasteiger partial charge in [-0.25, -0.2) is 19.7 Å². The number of methoxy groups -OCH3 is 1. The molecule has 1 aliphatic heterocycles. The molecule has 0 saturated carbocycles. The van der Waals surface area contributed by atoms with Crippen LogP contribution in [0.1, 0.15) is 22.6 Å². The molecule has 0 saturated heterocycles. The summed E-state index contributed by atoms with van der Waals surface area (Å²) in [5, 5.41) is 2.58. The van der Waals surface area contributed by atoms with Crippen LogP contribution < -0.4 is 14.5 Å². The SMILES string of the molecule is COc1cc(C)c(Cl)c(N2Cc3cnc(C)nc3N(Cc3cscn3)C2=O)c1Cl. The number of aryl methyl sites for hydroxylation is 2. The minimum absolute atomic E-state index is 0.244. The number of amides is 2. The number of thiazole rings is 1. The molecule has 0 bridgehead atoms. The van der Waals surface area contributed by atoms with Crippen LogP contribution in [0.15, 0.2) is 23.2 Å². The van der Waals surface area contributed by atoms with Crippen molar-refractivity contribution in [1.29, 1.82) is 0 Å². The van der Waals surface area contributed by atoms with Crippen LogP contribution >= 0.6 is 34.5 Å². The normalized spacial score (nSPS) is 13.6. The van der Waals surface area contributed by atoms with E-state index in [-0.39, 0.29) is 24.1 Å². The number of benzene rings is 1. The highest BCUT2D eigenvalue weighted by Gasteiger charge is 2.36. The Bertz CT molecular complexity index is 1090. The predicted octanol–water partition coefficient (Wildman–Crippen LogP) is 5.01. The maximum atomic E-state index is 13.6. The number of ether oxygens (including phenoxy) is 1. The molecular formula is C19H17Cl2N5O2S. The topological polar surface area (TPSA) is 71.5 Å². The Morgan fingerprint density at radius 3 is 2.72 bits per heavy atom. The highest BCUT2D eigenvalue weighted by atomic mass is 35.5. The fourth-order valence-corrected chi connectivity index (χ4v) is 4.38. The Morgan fingerprint density at radius 2 is 2.03 bits per heavy atom. The van der Waals surface area contributed by atoms with E-state index in [1.54, 1.807) is 29.6 Å². The van der Waals surface area contributed by atoms with Gasteiger partial charge in [0.15, 0.2) is 0 Å². The lowest BCUT2D eigenvalue weighted by Crippen LogP contribution is -2.48. The molecule has 0 aliphatic carbocycles. The first-order valence-electron chi connectivity index (χ1n) is 8.72. The van der Waals surface area contributed by atoms with Crippen molar-refractivity contribution in [2.75, 3.05) is 16.9 Å². The molecule has 2 amide bonds. The number of hydrogen-bond donors (Lipinski definition) is 0. The summed E-state index contributed by atoms with van der Waals surface area (Å²) in [6, 6.07) is 1.45. The second-order valence-corrected chi connectivity index (χ2v) is 8.05. The van der Waals surface area contributed by atoms with Crippen molar-refractivity contribution in [1.82, 2.24) is 15.0 Å². The average molecular weight is 450 g/mol. The van der Waals surface area contributed by atoms with E-state index in [4.69, 9.17) is 27.9 Å². The summed E-state index contributed by atoms with van der Waals surface area (Å²) in [6.07, 6.45) is 1.72. The number of anilines is 2. The van der Waals surface area contributed by atoms with Crippen molar-refractivity contribution < 1.29 is 9.53 Å². The van der Waals surface area contributed by atoms with Gasteiger partial charge in [-0.3, -0.25) is 9.80 Å². The lowest BCUT2D eigenvalue weighted by atomic mass is 10.1. The van der Waals surface area contributed by atoms with Crippen LogP contribution in [0.5, 0.6) is 5.75 Å². The molecule has 1 aromatic carbocycles. The van der Waals surface area contributed by atoms with Crippen LogP contribution in [-0.4, -0.2) is 28.1 Å². The average Bonchev–Trinajstić information content (AvgIpc) is 3.21. The summed E-state index contributed by atoms with van der Waals surface area (Å²) in [4.78, 5) is 29.8. The number of nitrogens with zero attached hydrogens (tertiary/aromatic N) is 5. The molecule has 0 radical (unpaired) electrons. The molecule has 3 heterocycles. The van der Waals surface area contributed by atoms with Gasteiger partial charge in [0.05, 0.1) is 42.1 Å². The maximum Gasteiger partial charge on any atom is 0.330 e. The maximum absolute atomic E-state index is 13.6. The van der Waals surface area contributed by atoms with Crippen LogP contribution in [0.2, 0.25) is 10.0 Å². The minimum Gasteiger partial charge on any atom is -0.495 e. The summed E-state index contributed by atoms with van der Waals surface area (Å²) in [6.45, 7) is 4.15. The van der Waals surface area contributed by atoms with E-state index >= 15 is 0 Å². The number of rotatable bonds is 4. The first kappa shape index (κ1) is 19.9. The zero-order chi connectivity index (χ0) is 20.7. The van der Waals surface area contributed by atoms with Gasteiger partial charge >= 0.3 is 6.03 Å². The smallest absolute Gasteiger partial charge is 0.330 e. The van der Waals surface area contributed by atoms with Crippen molar-refractivity contribution in [2.24, 2.45) is 0 Å². The molecule has 10 heteroatoms. The van der Waals surface area contributed by atoms with E-state index in [1.165, 1.54) is 23.3 Å². The molecule has 0 N–H and O–H groups in total. The van der Waals surface area contributed by atoms with Crippen LogP contribution in [0.25, 0.3) is 0 Å². The lowest BCUT2D eigenvalue weighted by molar-refractivity contribution is 0.249. The highest BCUT2D eigenvalue weighted by molar-refractivity contribution is 7.07. The Hall–Kier alpha value is -2.42. The number of fused-ring (bicyclic) bond motifs is 1. The number of carbonyl (C=O) groups is 1. The summed E-state index contributed by atoms with van der Waals surface area (Å²) in [5.74, 6) is 1.61. The van der Waals surface area contributed by atoms with Crippen molar-refractivity contribution in [2.45, 2.75) is 26.9 Å². The Labute approximate surface area is 181 Å². The van der Waals surface area contributed by atoms with Gasteiger partial charge in [0.2, 0.25) is 0 Å². The van der Waals surface area contributed by atoms with Gasteiger partial charge in [0, 0.05) is 17.1 Å². The van der Waals surface area contributed by atoms with Gasteiger partial charge in [-0.05, 0) is 25.5 Å². The van der Waals surface area contributed by atoms with Crippen LogP contribution in [0, 0.1) is 13.8 Å². The van der Waals surface area contributed by atoms with E-state index in [0.29, 0.717) is 28.1 Å². The van der Waals surface area contributed by atoms with Crippen molar-refractivity contribution in [3.63, 3.8) is 0 Å². The molecule has 4 rings (SSSR count). The molecule has 150 valence electrons. The zero-order valence-corrected chi connectivity index (χ0v) is 18.3. The van der Waals surface area contributed by atoms with Crippen LogP contribution in [-0.2, 0) is 13.1 Å². The number of urea groups is 1. The number of carbonyl (C=O) groups excluding carboxylic acids is 1. The third-order valence-corrected chi connectivity index (χ3v) is 6.11. The first-order valence-corrected chi connectivity index (χ1v) is 10.4. The van der Waals surface area contributed by atoms with E-state index in [0.717, 1.165) is 16.8 Å². The fourth-order valence-electron chi connectivity index (χ4n) is 3.21. The van der Waals surface area contributed by atoms with E-state index in [9.17, 15) is 4.79 Å². The number of aromatic nitrogens is 3. The largest absolute Gasteiger partial charge is 0.495 e. The highest BCUT2D eigenvalue weighted by Crippen LogP contribution is 2.45. The lowest BCUT2D eigenvalue weighted by Gasteiger charge is -2.36. The monoisotopic (exact) mass is 449 g/mol. The molecule has 3 aromatic rings. The molecule has 0 fully saturated rings. The van der Waals surface area contributed by atoms with Gasteiger partial charge in [0.25, 0.3) is 0 Å². The van der Waals surface area contributed by atoms with E-state index < -0.39 is 0 Å². The first-order chi connectivity index (χ1) is 13.9. The molecule has 2 aromatic heterocycles. The predicted molar refractivity (Wildman–Crippen MR) is 114 cm³/mol. The second kappa shape index (κ2) is 7.78. The van der Waals surface area contributed by atoms with Crippen LogP contribution in [0.4, 0.5) is 16.3 Å². The quantitative estimate of drug-likeness (QED) is 0.559. The summed E-state index contributed by atoms with van der Waals surface area (Å²) in [5.41, 5.74) is 4.45. The number of halogens is 2. The van der Waals surface area contributed by atoms with E-state index in [1.807, 2.05) is 12.3 Å². The minimum atomic E-state index is -0.292. The van der Waals surface area contributed by atoms with Gasteiger partial charge in [-0.1, -0.05) is 23.2 Å². The van der Waals surface area contributed by atoms with Gasteiger partial charge in [-0.2, -0.15) is 0 Å². The molecular weight excluding hydrogens is 433 g/mol. The fraction of sp³-hybridized carbons (Fsp3) is 0.263. The summed E-state index contributed by atoms with van der Waals surface area (Å²) in [7, 11) is 1.52.